The van der Waals surface area contributed by atoms with E-state index in [4.69, 9.17) is 16.3 Å². The van der Waals surface area contributed by atoms with Gasteiger partial charge in [-0.15, -0.1) is 0 Å². The summed E-state index contributed by atoms with van der Waals surface area (Å²) >= 11 is 8.62. The number of rotatable bonds is 5. The van der Waals surface area contributed by atoms with Crippen molar-refractivity contribution in [1.29, 1.82) is 0 Å². The van der Waals surface area contributed by atoms with E-state index in [0.717, 1.165) is 27.4 Å². The number of H-pyrrole nitrogens is 1. The SMILES string of the molecule is Cc1ccccc1COc1ccc(Cl)cc1[C@@H]1c2sc(=O)[nH]c2S[C@H]2C(=O)N(c3ccc(F)cc3)C(=O)[C@@H]12. The number of benzene rings is 3. The zero-order valence-electron chi connectivity index (χ0n) is 19.9. The number of thioether (sulfide) groups is 1. The Morgan fingerprint density at radius 2 is 1.79 bits per heavy atom. The molecule has 6 nitrogen and oxygen atoms in total. The van der Waals surface area contributed by atoms with Crippen molar-refractivity contribution in [2.45, 2.75) is 29.7 Å². The number of anilines is 1. The van der Waals surface area contributed by atoms with E-state index in [0.29, 0.717) is 38.5 Å². The molecule has 38 heavy (non-hydrogen) atoms. The molecule has 0 radical (unpaired) electrons. The molecule has 0 spiro atoms. The normalized spacial score (nSPS) is 20.4. The molecule has 10 heteroatoms. The Labute approximate surface area is 230 Å². The minimum absolute atomic E-state index is 0.271. The number of thiazole rings is 1. The molecule has 0 bridgehead atoms. The lowest BCUT2D eigenvalue weighted by molar-refractivity contribution is -0.122. The number of hydrogen-bond donors (Lipinski definition) is 1. The number of nitrogens with zero attached hydrogens (tertiary/aromatic N) is 1. The van der Waals surface area contributed by atoms with Crippen molar-refractivity contribution in [3.63, 3.8) is 0 Å². The highest BCUT2D eigenvalue weighted by Crippen LogP contribution is 2.54. The van der Waals surface area contributed by atoms with E-state index in [1.165, 1.54) is 36.0 Å². The third kappa shape index (κ3) is 4.24. The molecule has 2 aliphatic heterocycles. The predicted octanol–water partition coefficient (Wildman–Crippen LogP) is 5.91. The van der Waals surface area contributed by atoms with Crippen LogP contribution in [0.5, 0.6) is 5.75 Å². The Balaban J connectivity index is 1.45. The number of fused-ring (bicyclic) bond motifs is 2. The Bertz CT molecular complexity index is 1630. The summed E-state index contributed by atoms with van der Waals surface area (Å²) in [6.07, 6.45) is 0. The van der Waals surface area contributed by atoms with Gasteiger partial charge in [0.25, 0.3) is 0 Å². The molecule has 1 saturated heterocycles. The molecule has 0 unspecified atom stereocenters. The summed E-state index contributed by atoms with van der Waals surface area (Å²) in [5, 5.41) is 0.214. The fourth-order valence-electron chi connectivity index (χ4n) is 5.02. The molecule has 6 rings (SSSR count). The predicted molar refractivity (Wildman–Crippen MR) is 146 cm³/mol. The molecule has 1 fully saturated rings. The number of aryl methyl sites for hydroxylation is 1. The molecule has 3 aromatic carbocycles. The minimum Gasteiger partial charge on any atom is -0.489 e. The van der Waals surface area contributed by atoms with Crippen molar-refractivity contribution in [2.24, 2.45) is 5.92 Å². The first-order valence-electron chi connectivity index (χ1n) is 11.8. The fraction of sp³-hybridized carbons (Fsp3) is 0.179. The average Bonchev–Trinajstić information content (AvgIpc) is 3.39. The van der Waals surface area contributed by atoms with Crippen LogP contribution in [0.1, 0.15) is 27.5 Å². The summed E-state index contributed by atoms with van der Waals surface area (Å²) in [6.45, 7) is 2.29. The monoisotopic (exact) mass is 566 g/mol. The van der Waals surface area contributed by atoms with Crippen LogP contribution in [0.2, 0.25) is 5.02 Å². The molecule has 192 valence electrons. The molecular weight excluding hydrogens is 547 g/mol. The number of carbonyl (C=O) groups excluding carboxylic acids is 2. The number of carbonyl (C=O) groups is 2. The maximum atomic E-state index is 13.9. The quantitative estimate of drug-likeness (QED) is 0.304. The highest BCUT2D eigenvalue weighted by molar-refractivity contribution is 8.00. The number of amides is 2. The first-order valence-corrected chi connectivity index (χ1v) is 13.9. The van der Waals surface area contributed by atoms with Gasteiger partial charge in [-0.25, -0.2) is 9.29 Å². The number of halogens is 2. The summed E-state index contributed by atoms with van der Waals surface area (Å²) in [6, 6.07) is 18.3. The second-order valence-corrected chi connectivity index (χ2v) is 11.7. The highest BCUT2D eigenvalue weighted by Gasteiger charge is 2.56. The van der Waals surface area contributed by atoms with Crippen molar-refractivity contribution in [3.05, 3.63) is 109 Å². The summed E-state index contributed by atoms with van der Waals surface area (Å²) in [5.74, 6) is -2.24. The van der Waals surface area contributed by atoms with Gasteiger partial charge in [-0.05, 0) is 60.5 Å². The number of ether oxygens (including phenoxy) is 1. The van der Waals surface area contributed by atoms with E-state index in [-0.39, 0.29) is 4.87 Å². The first-order chi connectivity index (χ1) is 18.3. The van der Waals surface area contributed by atoms with Gasteiger partial charge in [0, 0.05) is 21.4 Å². The zero-order chi connectivity index (χ0) is 26.6. The van der Waals surface area contributed by atoms with E-state index in [1.807, 2.05) is 31.2 Å². The smallest absolute Gasteiger partial charge is 0.305 e. The zero-order valence-corrected chi connectivity index (χ0v) is 22.3. The average molecular weight is 567 g/mol. The summed E-state index contributed by atoms with van der Waals surface area (Å²) in [7, 11) is 0. The van der Waals surface area contributed by atoms with Crippen LogP contribution in [0, 0.1) is 18.7 Å². The lowest BCUT2D eigenvalue weighted by Crippen LogP contribution is -2.32. The van der Waals surface area contributed by atoms with Crippen LogP contribution in [0.3, 0.4) is 0 Å². The van der Waals surface area contributed by atoms with Gasteiger partial charge in [-0.2, -0.15) is 0 Å². The van der Waals surface area contributed by atoms with Crippen molar-refractivity contribution in [3.8, 4) is 5.75 Å². The van der Waals surface area contributed by atoms with Crippen molar-refractivity contribution in [1.82, 2.24) is 4.98 Å². The van der Waals surface area contributed by atoms with Crippen molar-refractivity contribution in [2.75, 3.05) is 4.90 Å². The summed E-state index contributed by atoms with van der Waals surface area (Å²) < 4.78 is 19.8. The van der Waals surface area contributed by atoms with Gasteiger partial charge >= 0.3 is 4.87 Å². The van der Waals surface area contributed by atoms with E-state index in [1.54, 1.807) is 18.2 Å². The highest BCUT2D eigenvalue weighted by atomic mass is 35.5. The van der Waals surface area contributed by atoms with Crippen LogP contribution < -0.4 is 14.5 Å². The number of aromatic nitrogens is 1. The molecule has 0 aliphatic carbocycles. The second kappa shape index (κ2) is 9.72. The fourth-order valence-corrected chi connectivity index (χ4v) is 7.70. The number of imide groups is 1. The standard InChI is InChI=1S/C28H20ClFN2O4S2/c1-14-4-2-3-5-15(14)13-36-20-11-6-16(29)12-19(20)21-22-24(37-25-23(21)38-28(35)31-25)27(34)32(26(22)33)18-9-7-17(30)8-10-18/h2-12,21-22,24H,13H2,1H3,(H,31,35)/t21-,22-,24+/m0/s1. The van der Waals surface area contributed by atoms with Gasteiger partial charge in [0.1, 0.15) is 23.4 Å². The van der Waals surface area contributed by atoms with Crippen LogP contribution in [-0.2, 0) is 16.2 Å². The van der Waals surface area contributed by atoms with Gasteiger partial charge in [0.15, 0.2) is 0 Å². The van der Waals surface area contributed by atoms with Gasteiger partial charge in [0.2, 0.25) is 11.8 Å². The molecule has 1 N–H and O–H groups in total. The van der Waals surface area contributed by atoms with Crippen LogP contribution >= 0.6 is 34.7 Å². The van der Waals surface area contributed by atoms with Gasteiger partial charge in [0.05, 0.1) is 16.6 Å². The minimum atomic E-state index is -0.809. The number of hydrogen-bond acceptors (Lipinski definition) is 6. The van der Waals surface area contributed by atoms with Crippen molar-refractivity contribution < 1.29 is 18.7 Å². The third-order valence-electron chi connectivity index (χ3n) is 6.86. The van der Waals surface area contributed by atoms with E-state index in [2.05, 4.69) is 4.98 Å². The molecule has 3 heterocycles. The number of nitrogens with one attached hydrogen (secondary N) is 1. The maximum absolute atomic E-state index is 13.9. The van der Waals surface area contributed by atoms with E-state index >= 15 is 0 Å². The maximum Gasteiger partial charge on any atom is 0.305 e. The summed E-state index contributed by atoms with van der Waals surface area (Å²) in [5.41, 5.74) is 3.01. The Morgan fingerprint density at radius 3 is 2.55 bits per heavy atom. The molecule has 3 atom stereocenters. The second-order valence-electron chi connectivity index (χ2n) is 9.14. The van der Waals surface area contributed by atoms with Gasteiger partial charge < -0.3 is 9.72 Å². The van der Waals surface area contributed by atoms with Crippen LogP contribution in [0.4, 0.5) is 10.1 Å². The van der Waals surface area contributed by atoms with Crippen molar-refractivity contribution >= 4 is 52.2 Å². The number of aromatic amines is 1. The lowest BCUT2D eigenvalue weighted by atomic mass is 9.82. The van der Waals surface area contributed by atoms with Crippen LogP contribution in [0.25, 0.3) is 0 Å². The van der Waals surface area contributed by atoms with Gasteiger partial charge in [-0.3, -0.25) is 14.4 Å². The Morgan fingerprint density at radius 1 is 1.03 bits per heavy atom. The molecule has 4 aromatic rings. The molecular formula is C28H20ClFN2O4S2. The van der Waals surface area contributed by atoms with Crippen LogP contribution in [-0.4, -0.2) is 22.0 Å². The molecule has 0 saturated carbocycles. The first kappa shape index (κ1) is 24.9. The Kier molecular flexibility index (Phi) is 6.37. The van der Waals surface area contributed by atoms with E-state index in [9.17, 15) is 18.8 Å². The molecule has 1 aromatic heterocycles. The van der Waals surface area contributed by atoms with E-state index < -0.39 is 34.7 Å². The third-order valence-corrected chi connectivity index (χ3v) is 9.50. The largest absolute Gasteiger partial charge is 0.489 e. The topological polar surface area (TPSA) is 79.5 Å². The summed E-state index contributed by atoms with van der Waals surface area (Å²) in [4.78, 5) is 44.2. The Hall–Kier alpha value is -3.40. The molecule has 2 amide bonds. The van der Waals surface area contributed by atoms with Crippen LogP contribution in [0.15, 0.2) is 76.6 Å². The lowest BCUT2D eigenvalue weighted by Gasteiger charge is -2.31. The van der Waals surface area contributed by atoms with Gasteiger partial charge in [-0.1, -0.05) is 59.0 Å². The molecule has 2 aliphatic rings.